The summed E-state index contributed by atoms with van der Waals surface area (Å²) in [5, 5.41) is 4.82. The zero-order valence-electron chi connectivity index (χ0n) is 18.0. The third-order valence-electron chi connectivity index (χ3n) is 4.06. The molecule has 8 heteroatoms. The molecule has 7 nitrogen and oxygen atoms in total. The Labute approximate surface area is 183 Å². The van der Waals surface area contributed by atoms with Crippen LogP contribution in [-0.2, 0) is 32.1 Å². The molecule has 0 aliphatic heterocycles. The van der Waals surface area contributed by atoms with Crippen molar-refractivity contribution in [2.24, 2.45) is 0 Å². The summed E-state index contributed by atoms with van der Waals surface area (Å²) in [4.78, 5) is 37.1. The molecule has 0 saturated carbocycles. The Kier molecular flexibility index (Phi) is 8.67. The van der Waals surface area contributed by atoms with E-state index in [9.17, 15) is 14.4 Å². The zero-order chi connectivity index (χ0) is 22.9. The lowest BCUT2D eigenvalue weighted by Gasteiger charge is -2.23. The molecule has 162 valence electrons. The molecule has 31 heavy (non-hydrogen) atoms. The second-order valence-electron chi connectivity index (χ2n) is 7.97. The van der Waals surface area contributed by atoms with Crippen molar-refractivity contribution in [3.8, 4) is 0 Å². The highest BCUT2D eigenvalue weighted by Gasteiger charge is 2.27. The number of nitrogens with one attached hydrogen (secondary N) is 2. The van der Waals surface area contributed by atoms with E-state index in [0.29, 0.717) is 0 Å². The molecule has 2 atom stereocenters. The fraction of sp³-hybridized carbons (Fsp3) is 0.348. The predicted octanol–water partition coefficient (Wildman–Crippen LogP) is 2.48. The van der Waals surface area contributed by atoms with Crippen LogP contribution < -0.4 is 10.6 Å². The molecule has 0 saturated heterocycles. The summed E-state index contributed by atoms with van der Waals surface area (Å²) in [6.07, 6.45) is -0.624. The van der Waals surface area contributed by atoms with Gasteiger partial charge in [0.25, 0.3) is 0 Å². The van der Waals surface area contributed by atoms with E-state index in [1.807, 2.05) is 60.7 Å². The fourth-order valence-corrected chi connectivity index (χ4v) is 2.63. The standard InChI is InChI=1S/C23H27BN2O5/c1-23(2,3)31-22(29)26-19(24)20(27)25-18(14-16-10-6-4-7-11-16)21(28)30-15-17-12-8-5-9-13-17/h4-13,18-19H,14-15H2,1-3H3,(H,25,27)(H,26,29)/t18-,19+/m0/s1. The van der Waals surface area contributed by atoms with Gasteiger partial charge in [0.1, 0.15) is 26.1 Å². The summed E-state index contributed by atoms with van der Waals surface area (Å²) < 4.78 is 10.5. The zero-order valence-corrected chi connectivity index (χ0v) is 18.0. The molecule has 2 aromatic carbocycles. The van der Waals surface area contributed by atoms with Gasteiger partial charge >= 0.3 is 12.1 Å². The number of alkyl carbamates (subject to hydrolysis) is 1. The van der Waals surface area contributed by atoms with Crippen LogP contribution in [0.15, 0.2) is 60.7 Å². The summed E-state index contributed by atoms with van der Waals surface area (Å²) in [7, 11) is 5.77. The average Bonchev–Trinajstić information content (AvgIpc) is 2.71. The molecule has 0 heterocycles. The molecule has 2 amide bonds. The van der Waals surface area contributed by atoms with Crippen LogP contribution in [0.4, 0.5) is 4.79 Å². The third kappa shape index (κ3) is 8.94. The van der Waals surface area contributed by atoms with E-state index in [1.165, 1.54) is 0 Å². The highest BCUT2D eigenvalue weighted by atomic mass is 16.6. The second kappa shape index (κ2) is 11.2. The van der Waals surface area contributed by atoms with Gasteiger partial charge in [-0.2, -0.15) is 0 Å². The van der Waals surface area contributed by atoms with E-state index in [-0.39, 0.29) is 13.0 Å². The van der Waals surface area contributed by atoms with Crippen LogP contribution in [-0.4, -0.2) is 43.4 Å². The first-order valence-corrected chi connectivity index (χ1v) is 9.94. The maximum absolute atomic E-state index is 12.7. The summed E-state index contributed by atoms with van der Waals surface area (Å²) in [5.41, 5.74) is 0.916. The van der Waals surface area contributed by atoms with Crippen LogP contribution in [0.5, 0.6) is 0 Å². The molecule has 0 bridgehead atoms. The van der Waals surface area contributed by atoms with Crippen LogP contribution in [0.3, 0.4) is 0 Å². The molecule has 0 fully saturated rings. The molecular formula is C23H27BN2O5. The van der Waals surface area contributed by atoms with E-state index >= 15 is 0 Å². The smallest absolute Gasteiger partial charge is 0.407 e. The number of benzene rings is 2. The Hall–Kier alpha value is -3.29. The Morgan fingerprint density at radius 1 is 0.903 bits per heavy atom. The maximum Gasteiger partial charge on any atom is 0.407 e. The van der Waals surface area contributed by atoms with Crippen molar-refractivity contribution in [1.82, 2.24) is 10.6 Å². The Morgan fingerprint density at radius 3 is 2.00 bits per heavy atom. The highest BCUT2D eigenvalue weighted by molar-refractivity contribution is 6.25. The molecule has 2 N–H and O–H groups in total. The van der Waals surface area contributed by atoms with Crippen molar-refractivity contribution < 1.29 is 23.9 Å². The molecule has 0 aliphatic rings. The van der Waals surface area contributed by atoms with Gasteiger partial charge in [-0.1, -0.05) is 60.7 Å². The Bertz CT molecular complexity index is 869. The Morgan fingerprint density at radius 2 is 1.45 bits per heavy atom. The molecular weight excluding hydrogens is 395 g/mol. The van der Waals surface area contributed by atoms with Crippen molar-refractivity contribution in [2.45, 2.75) is 51.4 Å². The minimum atomic E-state index is -1.39. The highest BCUT2D eigenvalue weighted by Crippen LogP contribution is 2.09. The molecule has 0 aromatic heterocycles. The molecule has 2 radical (unpaired) electrons. The first-order valence-electron chi connectivity index (χ1n) is 9.94. The van der Waals surface area contributed by atoms with Gasteiger partial charge in [0.05, 0.1) is 5.94 Å². The number of esters is 1. The number of ether oxygens (including phenoxy) is 2. The monoisotopic (exact) mass is 422 g/mol. The number of amides is 2. The van der Waals surface area contributed by atoms with Crippen LogP contribution in [0, 0.1) is 0 Å². The van der Waals surface area contributed by atoms with E-state index < -0.39 is 35.6 Å². The van der Waals surface area contributed by atoms with Crippen molar-refractivity contribution in [2.75, 3.05) is 0 Å². The minimum Gasteiger partial charge on any atom is -0.459 e. The topological polar surface area (TPSA) is 93.7 Å². The fourth-order valence-electron chi connectivity index (χ4n) is 2.63. The lowest BCUT2D eigenvalue weighted by atomic mass is 9.95. The first-order chi connectivity index (χ1) is 14.6. The van der Waals surface area contributed by atoms with E-state index in [2.05, 4.69) is 10.6 Å². The first kappa shape index (κ1) is 24.0. The van der Waals surface area contributed by atoms with Crippen LogP contribution >= 0.6 is 0 Å². The van der Waals surface area contributed by atoms with Gasteiger partial charge in [-0.3, -0.25) is 4.79 Å². The lowest BCUT2D eigenvalue weighted by molar-refractivity contribution is -0.149. The van der Waals surface area contributed by atoms with Crippen molar-refractivity contribution in [1.29, 1.82) is 0 Å². The summed E-state index contributed by atoms with van der Waals surface area (Å²) in [6.45, 7) is 5.15. The molecule has 2 rings (SSSR count). The average molecular weight is 422 g/mol. The van der Waals surface area contributed by atoms with Gasteiger partial charge in [0.15, 0.2) is 0 Å². The van der Waals surface area contributed by atoms with Crippen molar-refractivity contribution in [3.63, 3.8) is 0 Å². The molecule has 2 aromatic rings. The second-order valence-corrected chi connectivity index (χ2v) is 7.97. The minimum absolute atomic E-state index is 0.0725. The van der Waals surface area contributed by atoms with Gasteiger partial charge in [0.2, 0.25) is 5.91 Å². The van der Waals surface area contributed by atoms with Gasteiger partial charge in [-0.25, -0.2) is 9.59 Å². The largest absolute Gasteiger partial charge is 0.459 e. The molecule has 0 spiro atoms. The number of carbonyl (C=O) groups is 3. The van der Waals surface area contributed by atoms with Crippen LogP contribution in [0.1, 0.15) is 31.9 Å². The Balaban J connectivity index is 2.02. The van der Waals surface area contributed by atoms with Gasteiger partial charge in [-0.15, -0.1) is 0 Å². The number of carbonyl (C=O) groups excluding carboxylic acids is 3. The quantitative estimate of drug-likeness (QED) is 0.504. The number of hydrogen-bond donors (Lipinski definition) is 2. The van der Waals surface area contributed by atoms with E-state index in [4.69, 9.17) is 17.3 Å². The van der Waals surface area contributed by atoms with Crippen LogP contribution in [0.2, 0.25) is 0 Å². The summed E-state index contributed by atoms with van der Waals surface area (Å²) >= 11 is 0. The molecule has 0 unspecified atom stereocenters. The van der Waals surface area contributed by atoms with E-state index in [1.54, 1.807) is 20.8 Å². The summed E-state index contributed by atoms with van der Waals surface area (Å²) in [5.74, 6) is -2.73. The van der Waals surface area contributed by atoms with Gasteiger partial charge in [0, 0.05) is 6.42 Å². The number of hydrogen-bond acceptors (Lipinski definition) is 5. The maximum atomic E-state index is 12.7. The predicted molar refractivity (Wildman–Crippen MR) is 117 cm³/mol. The molecule has 0 aliphatic carbocycles. The lowest BCUT2D eigenvalue weighted by Crippen LogP contribution is -2.53. The van der Waals surface area contributed by atoms with E-state index in [0.717, 1.165) is 11.1 Å². The van der Waals surface area contributed by atoms with Crippen molar-refractivity contribution >= 4 is 25.8 Å². The van der Waals surface area contributed by atoms with Crippen molar-refractivity contribution in [3.05, 3.63) is 71.8 Å². The van der Waals surface area contributed by atoms with Gasteiger partial charge in [-0.05, 0) is 31.9 Å². The number of rotatable bonds is 8. The summed E-state index contributed by atoms with van der Waals surface area (Å²) in [6, 6.07) is 17.4. The third-order valence-corrected chi connectivity index (χ3v) is 4.06. The van der Waals surface area contributed by atoms with Gasteiger partial charge < -0.3 is 20.1 Å². The normalized spacial score (nSPS) is 12.9. The van der Waals surface area contributed by atoms with Crippen LogP contribution in [0.25, 0.3) is 0 Å². The SMILES string of the molecule is [B][C@H](NC(=O)OC(C)(C)C)C(=O)N[C@@H](Cc1ccccc1)C(=O)OCc1ccccc1.